The van der Waals surface area contributed by atoms with Crippen LogP contribution in [0.25, 0.3) is 0 Å². The van der Waals surface area contributed by atoms with Crippen LogP contribution < -0.4 is 0 Å². The van der Waals surface area contributed by atoms with Gasteiger partial charge in [-0.1, -0.05) is 13.8 Å². The smallest absolute Gasteiger partial charge is 0.323 e. The van der Waals surface area contributed by atoms with Gasteiger partial charge in [0, 0.05) is 13.2 Å². The molecule has 0 aromatic rings. The predicted octanol–water partition coefficient (Wildman–Crippen LogP) is 1.06. The largest absolute Gasteiger partial charge is 0.480 e. The van der Waals surface area contributed by atoms with Crippen molar-refractivity contribution in [2.24, 2.45) is 5.92 Å². The van der Waals surface area contributed by atoms with Crippen LogP contribution in [0.1, 0.15) is 20.8 Å². The Morgan fingerprint density at radius 2 is 2.07 bits per heavy atom. The molecule has 1 atom stereocenters. The van der Waals surface area contributed by atoms with Crippen LogP contribution >= 0.6 is 0 Å². The number of carboxylic acids is 1. The van der Waals surface area contributed by atoms with Gasteiger partial charge in [0.15, 0.2) is 0 Å². The number of ether oxygens (including phenoxy) is 1. The summed E-state index contributed by atoms with van der Waals surface area (Å²) in [6.45, 7) is 7.58. The highest BCUT2D eigenvalue weighted by atomic mass is 16.5. The topological polar surface area (TPSA) is 49.8 Å². The summed E-state index contributed by atoms with van der Waals surface area (Å²) in [5.41, 5.74) is 0. The maximum absolute atomic E-state index is 10.9. The lowest BCUT2D eigenvalue weighted by molar-refractivity contribution is -0.145. The Morgan fingerprint density at radius 3 is 2.43 bits per heavy atom. The minimum atomic E-state index is -0.818. The quantitative estimate of drug-likeness (QED) is 0.672. The molecule has 0 amide bonds. The Bertz CT molecular complexity index is 171. The number of rotatable bonds is 7. The summed E-state index contributed by atoms with van der Waals surface area (Å²) in [7, 11) is 1.82. The third-order valence-electron chi connectivity index (χ3n) is 1.95. The second kappa shape index (κ2) is 6.79. The lowest BCUT2D eigenvalue weighted by Crippen LogP contribution is -2.43. The van der Waals surface area contributed by atoms with Crippen molar-refractivity contribution in [1.29, 1.82) is 0 Å². The fourth-order valence-corrected chi connectivity index (χ4v) is 1.32. The Labute approximate surface area is 85.9 Å². The minimum absolute atomic E-state index is 0.259. The summed E-state index contributed by atoms with van der Waals surface area (Å²) in [5.74, 6) is -0.356. The zero-order valence-electron chi connectivity index (χ0n) is 9.49. The van der Waals surface area contributed by atoms with Crippen LogP contribution in [0, 0.1) is 5.92 Å². The zero-order chi connectivity index (χ0) is 11.1. The number of likely N-dealkylation sites (N-methyl/N-ethyl adjacent to an activating group) is 1. The molecule has 0 saturated heterocycles. The van der Waals surface area contributed by atoms with E-state index in [1.54, 1.807) is 0 Å². The monoisotopic (exact) mass is 203 g/mol. The summed E-state index contributed by atoms with van der Waals surface area (Å²) in [5, 5.41) is 8.96. The van der Waals surface area contributed by atoms with Gasteiger partial charge in [0.05, 0.1) is 6.61 Å². The van der Waals surface area contributed by atoms with E-state index in [2.05, 4.69) is 13.8 Å². The van der Waals surface area contributed by atoms with E-state index in [4.69, 9.17) is 9.84 Å². The molecule has 0 bridgehead atoms. The molecule has 0 radical (unpaired) electrons. The third kappa shape index (κ3) is 5.19. The van der Waals surface area contributed by atoms with Crippen molar-refractivity contribution in [3.63, 3.8) is 0 Å². The van der Waals surface area contributed by atoms with E-state index in [9.17, 15) is 4.79 Å². The summed E-state index contributed by atoms with van der Waals surface area (Å²) in [6, 6.07) is -0.530. The van der Waals surface area contributed by atoms with Gasteiger partial charge in [-0.3, -0.25) is 9.69 Å². The van der Waals surface area contributed by atoms with E-state index >= 15 is 0 Å². The normalized spacial score (nSPS) is 13.6. The van der Waals surface area contributed by atoms with E-state index in [-0.39, 0.29) is 6.61 Å². The van der Waals surface area contributed by atoms with Gasteiger partial charge in [-0.05, 0) is 19.9 Å². The van der Waals surface area contributed by atoms with E-state index in [0.717, 1.165) is 6.54 Å². The zero-order valence-corrected chi connectivity index (χ0v) is 9.49. The van der Waals surface area contributed by atoms with Crippen LogP contribution in [0.5, 0.6) is 0 Å². The van der Waals surface area contributed by atoms with Crippen molar-refractivity contribution in [3.8, 4) is 0 Å². The van der Waals surface area contributed by atoms with Crippen molar-refractivity contribution >= 4 is 5.97 Å². The molecule has 0 saturated carbocycles. The molecule has 1 unspecified atom stereocenters. The molecule has 0 aliphatic heterocycles. The maximum Gasteiger partial charge on any atom is 0.323 e. The van der Waals surface area contributed by atoms with Gasteiger partial charge in [0.2, 0.25) is 0 Å². The van der Waals surface area contributed by atoms with Crippen molar-refractivity contribution in [1.82, 2.24) is 4.90 Å². The number of nitrogens with zero attached hydrogens (tertiary/aromatic N) is 1. The number of aliphatic carboxylic acids is 1. The number of hydrogen-bond donors (Lipinski definition) is 1. The highest BCUT2D eigenvalue weighted by Gasteiger charge is 2.22. The molecule has 0 aliphatic carbocycles. The van der Waals surface area contributed by atoms with Crippen LogP contribution in [0.4, 0.5) is 0 Å². The summed E-state index contributed by atoms with van der Waals surface area (Å²) < 4.78 is 5.14. The van der Waals surface area contributed by atoms with Crippen LogP contribution in [0.2, 0.25) is 0 Å². The Hall–Kier alpha value is -0.610. The van der Waals surface area contributed by atoms with Crippen LogP contribution in [0.15, 0.2) is 0 Å². The molecule has 4 nitrogen and oxygen atoms in total. The van der Waals surface area contributed by atoms with E-state index < -0.39 is 12.0 Å². The summed E-state index contributed by atoms with van der Waals surface area (Å²) >= 11 is 0. The second-order valence-electron chi connectivity index (χ2n) is 3.85. The van der Waals surface area contributed by atoms with Gasteiger partial charge in [-0.25, -0.2) is 0 Å². The molecule has 0 heterocycles. The molecule has 0 spiro atoms. The van der Waals surface area contributed by atoms with Gasteiger partial charge in [0.1, 0.15) is 6.04 Å². The fraction of sp³-hybridized carbons (Fsp3) is 0.900. The van der Waals surface area contributed by atoms with Crippen LogP contribution in [0.3, 0.4) is 0 Å². The molecule has 1 N–H and O–H groups in total. The Kier molecular flexibility index (Phi) is 6.49. The Balaban J connectivity index is 4.11. The molecule has 4 heteroatoms. The fourth-order valence-electron chi connectivity index (χ4n) is 1.32. The number of carbonyl (C=O) groups is 1. The summed E-state index contributed by atoms with van der Waals surface area (Å²) in [6.07, 6.45) is 0. The van der Waals surface area contributed by atoms with Crippen molar-refractivity contribution in [2.75, 3.05) is 26.8 Å². The first-order chi connectivity index (χ1) is 6.49. The van der Waals surface area contributed by atoms with Gasteiger partial charge >= 0.3 is 5.97 Å². The first-order valence-electron chi connectivity index (χ1n) is 4.99. The van der Waals surface area contributed by atoms with Gasteiger partial charge in [-0.2, -0.15) is 0 Å². The summed E-state index contributed by atoms with van der Waals surface area (Å²) in [4.78, 5) is 12.7. The molecular weight excluding hydrogens is 182 g/mol. The molecule has 0 aromatic heterocycles. The van der Waals surface area contributed by atoms with Crippen LogP contribution in [-0.2, 0) is 9.53 Å². The standard InChI is InChI=1S/C10H21NO3/c1-5-14-7-9(10(12)13)11(4)6-8(2)3/h8-9H,5-7H2,1-4H3,(H,12,13). The van der Waals surface area contributed by atoms with Gasteiger partial charge in [0.25, 0.3) is 0 Å². The molecular formula is C10H21NO3. The van der Waals surface area contributed by atoms with Crippen molar-refractivity contribution < 1.29 is 14.6 Å². The average molecular weight is 203 g/mol. The number of hydrogen-bond acceptors (Lipinski definition) is 3. The van der Waals surface area contributed by atoms with Gasteiger partial charge in [-0.15, -0.1) is 0 Å². The molecule has 0 aliphatic rings. The first kappa shape index (κ1) is 13.4. The predicted molar refractivity (Wildman–Crippen MR) is 55.4 cm³/mol. The molecule has 0 fully saturated rings. The van der Waals surface area contributed by atoms with E-state index in [1.807, 2.05) is 18.9 Å². The average Bonchev–Trinajstić information content (AvgIpc) is 2.02. The van der Waals surface area contributed by atoms with Crippen molar-refractivity contribution in [3.05, 3.63) is 0 Å². The third-order valence-corrected chi connectivity index (χ3v) is 1.95. The Morgan fingerprint density at radius 1 is 1.50 bits per heavy atom. The maximum atomic E-state index is 10.9. The SMILES string of the molecule is CCOCC(C(=O)O)N(C)CC(C)C. The highest BCUT2D eigenvalue weighted by Crippen LogP contribution is 2.03. The number of carboxylic acid groups (broad SMARTS) is 1. The van der Waals surface area contributed by atoms with Gasteiger partial charge < -0.3 is 9.84 Å². The molecule has 14 heavy (non-hydrogen) atoms. The molecule has 84 valence electrons. The lowest BCUT2D eigenvalue weighted by Gasteiger charge is -2.25. The minimum Gasteiger partial charge on any atom is -0.480 e. The van der Waals surface area contributed by atoms with Crippen LogP contribution in [-0.4, -0.2) is 48.8 Å². The first-order valence-corrected chi connectivity index (χ1v) is 4.99. The van der Waals surface area contributed by atoms with E-state index in [1.165, 1.54) is 0 Å². The van der Waals surface area contributed by atoms with E-state index in [0.29, 0.717) is 12.5 Å². The molecule has 0 aromatic carbocycles. The highest BCUT2D eigenvalue weighted by molar-refractivity contribution is 5.73. The molecule has 0 rings (SSSR count). The lowest BCUT2D eigenvalue weighted by atomic mass is 10.2. The van der Waals surface area contributed by atoms with Crippen molar-refractivity contribution in [2.45, 2.75) is 26.8 Å². The second-order valence-corrected chi connectivity index (χ2v) is 3.85.